The SMILES string of the molecule is CC(C)N(CCNC(=O)c1cc(S(=O)(=O)N2CCCC2)ccc1Br)C(C)C. The number of carbonyl (C=O) groups excluding carboxylic acids is 1. The molecule has 1 N–H and O–H groups in total. The number of nitrogens with zero attached hydrogens (tertiary/aromatic N) is 2. The van der Waals surface area contributed by atoms with Gasteiger partial charge in [0.2, 0.25) is 10.0 Å². The summed E-state index contributed by atoms with van der Waals surface area (Å²) in [4.78, 5) is 15.1. The zero-order chi connectivity index (χ0) is 20.2. The van der Waals surface area contributed by atoms with E-state index in [4.69, 9.17) is 0 Å². The molecule has 6 nitrogen and oxygen atoms in total. The average molecular weight is 460 g/mol. The lowest BCUT2D eigenvalue weighted by atomic mass is 10.2. The molecule has 0 bridgehead atoms. The largest absolute Gasteiger partial charge is 0.351 e. The van der Waals surface area contributed by atoms with Gasteiger partial charge in [-0.1, -0.05) is 0 Å². The molecule has 27 heavy (non-hydrogen) atoms. The average Bonchev–Trinajstić information content (AvgIpc) is 3.13. The van der Waals surface area contributed by atoms with Crippen LogP contribution in [0, 0.1) is 0 Å². The lowest BCUT2D eigenvalue weighted by Gasteiger charge is -2.30. The molecule has 0 spiro atoms. The molecular weight excluding hydrogens is 430 g/mol. The Morgan fingerprint density at radius 3 is 2.33 bits per heavy atom. The predicted molar refractivity (Wildman–Crippen MR) is 111 cm³/mol. The number of sulfonamides is 1. The molecule has 1 fully saturated rings. The summed E-state index contributed by atoms with van der Waals surface area (Å²) in [6, 6.07) is 5.43. The van der Waals surface area contributed by atoms with Crippen molar-refractivity contribution in [2.45, 2.75) is 57.5 Å². The summed E-state index contributed by atoms with van der Waals surface area (Å²) < 4.78 is 27.6. The van der Waals surface area contributed by atoms with E-state index in [0.29, 0.717) is 41.8 Å². The van der Waals surface area contributed by atoms with Crippen molar-refractivity contribution in [2.75, 3.05) is 26.2 Å². The van der Waals surface area contributed by atoms with Crippen LogP contribution in [0.5, 0.6) is 0 Å². The van der Waals surface area contributed by atoms with Crippen LogP contribution < -0.4 is 5.32 Å². The maximum atomic E-state index is 12.7. The summed E-state index contributed by atoms with van der Waals surface area (Å²) in [5, 5.41) is 2.91. The van der Waals surface area contributed by atoms with Crippen LogP contribution in [0.2, 0.25) is 0 Å². The Morgan fingerprint density at radius 2 is 1.78 bits per heavy atom. The smallest absolute Gasteiger partial charge is 0.252 e. The zero-order valence-corrected chi connectivity index (χ0v) is 18.9. The van der Waals surface area contributed by atoms with Gasteiger partial charge in [-0.15, -0.1) is 0 Å². The van der Waals surface area contributed by atoms with Gasteiger partial charge in [0.05, 0.1) is 10.5 Å². The maximum absolute atomic E-state index is 12.7. The Morgan fingerprint density at radius 1 is 1.19 bits per heavy atom. The van der Waals surface area contributed by atoms with E-state index < -0.39 is 10.0 Å². The molecule has 8 heteroatoms. The molecule has 1 aliphatic heterocycles. The highest BCUT2D eigenvalue weighted by atomic mass is 79.9. The van der Waals surface area contributed by atoms with Crippen LogP contribution in [0.25, 0.3) is 0 Å². The minimum atomic E-state index is -3.54. The van der Waals surface area contributed by atoms with Gasteiger partial charge in [-0.05, 0) is 74.7 Å². The van der Waals surface area contributed by atoms with Gasteiger partial charge >= 0.3 is 0 Å². The molecule has 0 saturated carbocycles. The third-order valence-electron chi connectivity index (χ3n) is 4.87. The molecule has 2 rings (SSSR count). The molecule has 1 amide bonds. The van der Waals surface area contributed by atoms with Crippen molar-refractivity contribution in [1.29, 1.82) is 0 Å². The van der Waals surface area contributed by atoms with E-state index in [-0.39, 0.29) is 10.8 Å². The molecular formula is C19H30BrN3O3S. The molecule has 0 aromatic heterocycles. The van der Waals surface area contributed by atoms with Gasteiger partial charge in [0, 0.05) is 42.7 Å². The molecule has 1 heterocycles. The van der Waals surface area contributed by atoms with Gasteiger partial charge in [0.25, 0.3) is 5.91 Å². The van der Waals surface area contributed by atoms with E-state index in [9.17, 15) is 13.2 Å². The van der Waals surface area contributed by atoms with Crippen molar-refractivity contribution in [3.05, 3.63) is 28.2 Å². The van der Waals surface area contributed by atoms with Gasteiger partial charge in [-0.25, -0.2) is 8.42 Å². The zero-order valence-electron chi connectivity index (χ0n) is 16.5. The van der Waals surface area contributed by atoms with Crippen LogP contribution >= 0.6 is 15.9 Å². The molecule has 0 radical (unpaired) electrons. The highest BCUT2D eigenvalue weighted by Crippen LogP contribution is 2.25. The molecule has 1 aromatic carbocycles. The molecule has 0 aliphatic carbocycles. The van der Waals surface area contributed by atoms with Gasteiger partial charge in [0.1, 0.15) is 0 Å². The summed E-state index contributed by atoms with van der Waals surface area (Å²) in [7, 11) is -3.54. The number of amides is 1. The third kappa shape index (κ3) is 5.53. The molecule has 0 atom stereocenters. The highest BCUT2D eigenvalue weighted by Gasteiger charge is 2.28. The lowest BCUT2D eigenvalue weighted by molar-refractivity contribution is 0.0938. The Labute approximate surface area is 171 Å². The molecule has 1 aromatic rings. The maximum Gasteiger partial charge on any atom is 0.252 e. The van der Waals surface area contributed by atoms with Crippen LogP contribution in [0.4, 0.5) is 0 Å². The van der Waals surface area contributed by atoms with Crippen LogP contribution in [0.15, 0.2) is 27.6 Å². The van der Waals surface area contributed by atoms with E-state index in [0.717, 1.165) is 19.4 Å². The van der Waals surface area contributed by atoms with Crippen molar-refractivity contribution >= 4 is 31.9 Å². The first-order valence-corrected chi connectivity index (χ1v) is 11.7. The summed E-state index contributed by atoms with van der Waals surface area (Å²) in [5.74, 6) is -0.271. The van der Waals surface area contributed by atoms with Gasteiger partial charge in [-0.2, -0.15) is 4.31 Å². The summed E-state index contributed by atoms with van der Waals surface area (Å²) in [6.45, 7) is 10.8. The van der Waals surface area contributed by atoms with Gasteiger partial charge < -0.3 is 5.32 Å². The second-order valence-electron chi connectivity index (χ2n) is 7.43. The third-order valence-corrected chi connectivity index (χ3v) is 7.45. The van der Waals surface area contributed by atoms with Crippen molar-refractivity contribution in [3.8, 4) is 0 Å². The van der Waals surface area contributed by atoms with Crippen molar-refractivity contribution < 1.29 is 13.2 Å². The number of nitrogens with one attached hydrogen (secondary N) is 1. The van der Waals surface area contributed by atoms with E-state index >= 15 is 0 Å². The number of rotatable bonds is 8. The Kier molecular flexibility index (Phi) is 7.85. The fraction of sp³-hybridized carbons (Fsp3) is 0.632. The molecule has 1 saturated heterocycles. The monoisotopic (exact) mass is 459 g/mol. The standard InChI is InChI=1S/C19H30BrN3O3S/c1-14(2)23(15(3)4)12-9-21-19(24)17-13-16(7-8-18(17)20)27(25,26)22-10-5-6-11-22/h7-8,13-15H,5-6,9-12H2,1-4H3,(H,21,24). The van der Waals surface area contributed by atoms with Crippen molar-refractivity contribution in [1.82, 2.24) is 14.5 Å². The predicted octanol–water partition coefficient (Wildman–Crippen LogP) is 3.08. The Bertz CT molecular complexity index is 751. The van der Waals surface area contributed by atoms with Crippen LogP contribution in [-0.2, 0) is 10.0 Å². The number of hydrogen-bond donors (Lipinski definition) is 1. The van der Waals surface area contributed by atoms with Gasteiger partial charge in [-0.3, -0.25) is 9.69 Å². The fourth-order valence-corrected chi connectivity index (χ4v) is 5.39. The van der Waals surface area contributed by atoms with E-state index in [1.54, 1.807) is 12.1 Å². The first-order chi connectivity index (χ1) is 12.6. The second-order valence-corrected chi connectivity index (χ2v) is 10.2. The lowest BCUT2D eigenvalue weighted by Crippen LogP contribution is -2.42. The Balaban J connectivity index is 2.10. The second kappa shape index (κ2) is 9.49. The Hall–Kier alpha value is -0.960. The number of carbonyl (C=O) groups is 1. The van der Waals surface area contributed by atoms with E-state index in [1.165, 1.54) is 10.4 Å². The number of halogens is 1. The first-order valence-electron chi connectivity index (χ1n) is 9.48. The van der Waals surface area contributed by atoms with Crippen molar-refractivity contribution in [2.24, 2.45) is 0 Å². The van der Waals surface area contributed by atoms with Crippen molar-refractivity contribution in [3.63, 3.8) is 0 Å². The number of benzene rings is 1. The topological polar surface area (TPSA) is 69.7 Å². The van der Waals surface area contributed by atoms with E-state index in [2.05, 4.69) is 53.8 Å². The minimum Gasteiger partial charge on any atom is -0.351 e. The van der Waals surface area contributed by atoms with E-state index in [1.807, 2.05) is 0 Å². The summed E-state index contributed by atoms with van der Waals surface area (Å²) in [5.41, 5.74) is 0.343. The summed E-state index contributed by atoms with van der Waals surface area (Å²) >= 11 is 3.37. The summed E-state index contributed by atoms with van der Waals surface area (Å²) in [6.07, 6.45) is 1.76. The minimum absolute atomic E-state index is 0.170. The quantitative estimate of drug-likeness (QED) is 0.648. The molecule has 152 valence electrons. The molecule has 0 unspecified atom stereocenters. The number of hydrogen-bond acceptors (Lipinski definition) is 4. The fourth-order valence-electron chi connectivity index (χ4n) is 3.42. The van der Waals surface area contributed by atoms with Crippen LogP contribution in [0.3, 0.4) is 0 Å². The molecule has 1 aliphatic rings. The first kappa shape index (κ1) is 22.3. The normalized spacial score (nSPS) is 15.9. The van der Waals surface area contributed by atoms with Gasteiger partial charge in [0.15, 0.2) is 0 Å². The highest BCUT2D eigenvalue weighted by molar-refractivity contribution is 9.10. The van der Waals surface area contributed by atoms with Crippen LogP contribution in [0.1, 0.15) is 50.9 Å². The van der Waals surface area contributed by atoms with Crippen LogP contribution in [-0.4, -0.2) is 61.8 Å².